The molecule has 0 radical (unpaired) electrons. The molecule has 2 unspecified atom stereocenters. The van der Waals surface area contributed by atoms with Gasteiger partial charge in [-0.05, 0) is 36.8 Å². The van der Waals surface area contributed by atoms with Crippen molar-refractivity contribution in [1.29, 1.82) is 5.26 Å². The standard InChI is InChI=1S/C29H24ClF3N6O3/c30-23-8-2-1-7-22(23)27(28(41)36-20-15-29(32,33)16-20)38(21-6-3-5-19(31)14-21)39(42)25-9-4-10-26(40)37(25)24-13-18(17-34)11-12-35-24/h1-3,5-8,11-14,20,25,27H,4,9-10,15-16H2/p+1. The maximum Gasteiger partial charge on any atom is 0.316 e. The highest BCUT2D eigenvalue weighted by atomic mass is 35.5. The minimum atomic E-state index is -2.92. The first-order valence-corrected chi connectivity index (χ1v) is 13.6. The number of amides is 2. The van der Waals surface area contributed by atoms with E-state index in [0.717, 1.165) is 22.0 Å². The lowest BCUT2D eigenvalue weighted by molar-refractivity contribution is -0.601. The molecule has 0 bridgehead atoms. The Kier molecular flexibility index (Phi) is 8.13. The van der Waals surface area contributed by atoms with Crippen molar-refractivity contribution in [2.45, 2.75) is 56.3 Å². The maximum atomic E-state index is 14.6. The molecule has 2 aromatic carbocycles. The fraction of sp³-hybridized carbons (Fsp3) is 0.310. The van der Waals surface area contributed by atoms with Gasteiger partial charge < -0.3 is 5.32 Å². The molecule has 1 aliphatic carbocycles. The molecule has 1 aromatic heterocycles. The summed E-state index contributed by atoms with van der Waals surface area (Å²) in [5.74, 6) is -4.82. The lowest BCUT2D eigenvalue weighted by Gasteiger charge is -2.37. The summed E-state index contributed by atoms with van der Waals surface area (Å²) in [5, 5.41) is 13.0. The molecule has 42 heavy (non-hydrogen) atoms. The Morgan fingerprint density at radius 3 is 2.64 bits per heavy atom. The largest absolute Gasteiger partial charge is 0.351 e. The van der Waals surface area contributed by atoms with Crippen LogP contribution in [0, 0.1) is 22.1 Å². The molecule has 13 heteroatoms. The number of pyridine rings is 1. The summed E-state index contributed by atoms with van der Waals surface area (Å²) < 4.78 is 41.8. The second-order valence-corrected chi connectivity index (χ2v) is 10.6. The monoisotopic (exact) mass is 597 g/mol. The number of halogens is 4. The van der Waals surface area contributed by atoms with Crippen molar-refractivity contribution >= 4 is 34.9 Å². The van der Waals surface area contributed by atoms with Gasteiger partial charge in [0, 0.05) is 54.6 Å². The van der Waals surface area contributed by atoms with Crippen LogP contribution in [-0.4, -0.2) is 39.8 Å². The molecule has 9 nitrogen and oxygen atoms in total. The zero-order chi connectivity index (χ0) is 30.0. The van der Waals surface area contributed by atoms with Crippen LogP contribution in [0.25, 0.3) is 0 Å². The Hall–Kier alpha value is -4.50. The number of nitrogens with zero attached hydrogens (tertiary/aromatic N) is 5. The molecule has 0 spiro atoms. The van der Waals surface area contributed by atoms with Crippen LogP contribution in [0.1, 0.15) is 49.3 Å². The SMILES string of the molecule is N#Cc1ccnc(N2C(=O)CCCC2[N+](=O)N(c2cccc(F)c2)C(C(=O)NC2CC(F)(F)C2)c2ccccc2Cl)c1. The van der Waals surface area contributed by atoms with E-state index in [1.165, 1.54) is 42.6 Å². The first kappa shape index (κ1) is 29.0. The molecule has 1 aliphatic heterocycles. The second kappa shape index (κ2) is 11.8. The second-order valence-electron chi connectivity index (χ2n) is 10.2. The van der Waals surface area contributed by atoms with Gasteiger partial charge in [-0.3, -0.25) is 9.59 Å². The van der Waals surface area contributed by atoms with Crippen molar-refractivity contribution in [1.82, 2.24) is 10.3 Å². The topological polar surface area (TPSA) is 109 Å². The molecular formula is C29H25ClF3N6O3+. The summed E-state index contributed by atoms with van der Waals surface area (Å²) in [5.41, 5.74) is 0.328. The first-order chi connectivity index (χ1) is 20.1. The molecule has 2 aliphatic rings. The molecule has 1 saturated carbocycles. The van der Waals surface area contributed by atoms with Crippen LogP contribution in [0.5, 0.6) is 0 Å². The highest BCUT2D eigenvalue weighted by Crippen LogP contribution is 2.39. The predicted molar refractivity (Wildman–Crippen MR) is 147 cm³/mol. The predicted octanol–water partition coefficient (Wildman–Crippen LogP) is 5.44. The van der Waals surface area contributed by atoms with E-state index in [1.54, 1.807) is 12.1 Å². The van der Waals surface area contributed by atoms with Gasteiger partial charge in [0.1, 0.15) is 22.2 Å². The van der Waals surface area contributed by atoms with Crippen molar-refractivity contribution in [2.75, 3.05) is 9.91 Å². The summed E-state index contributed by atoms with van der Waals surface area (Å²) in [6.07, 6.45) is -0.490. The van der Waals surface area contributed by atoms with Crippen LogP contribution in [0.3, 0.4) is 0 Å². The number of hydrazine groups is 1. The van der Waals surface area contributed by atoms with E-state index in [1.807, 2.05) is 6.07 Å². The number of piperidine rings is 1. The average molecular weight is 598 g/mol. The molecular weight excluding hydrogens is 573 g/mol. The van der Waals surface area contributed by atoms with Gasteiger partial charge in [-0.2, -0.15) is 5.26 Å². The molecule has 2 amide bonds. The molecule has 3 aromatic rings. The van der Waals surface area contributed by atoms with Crippen molar-refractivity contribution in [3.8, 4) is 6.07 Å². The molecule has 1 saturated heterocycles. The van der Waals surface area contributed by atoms with Crippen LogP contribution in [0.2, 0.25) is 5.02 Å². The number of aromatic nitrogens is 1. The number of hydrogen-bond donors (Lipinski definition) is 1. The number of alkyl halides is 2. The number of carbonyl (C=O) groups excluding carboxylic acids is 2. The van der Waals surface area contributed by atoms with Crippen molar-refractivity contribution in [2.24, 2.45) is 0 Å². The zero-order valence-corrected chi connectivity index (χ0v) is 22.8. The lowest BCUT2D eigenvalue weighted by atomic mass is 9.88. The van der Waals surface area contributed by atoms with Gasteiger partial charge >= 0.3 is 6.17 Å². The lowest BCUT2D eigenvalue weighted by Crippen LogP contribution is -2.58. The normalized spacial score (nSPS) is 18.9. The van der Waals surface area contributed by atoms with E-state index in [0.29, 0.717) is 11.3 Å². The molecule has 5 rings (SSSR count). The Morgan fingerprint density at radius 2 is 1.95 bits per heavy atom. The van der Waals surface area contributed by atoms with Crippen LogP contribution in [0.15, 0.2) is 66.9 Å². The van der Waals surface area contributed by atoms with Crippen molar-refractivity contribution < 1.29 is 27.6 Å². The summed E-state index contributed by atoms with van der Waals surface area (Å²) in [4.78, 5) is 47.3. The third-order valence-electron chi connectivity index (χ3n) is 7.21. The van der Waals surface area contributed by atoms with Crippen LogP contribution >= 0.6 is 11.6 Å². The van der Waals surface area contributed by atoms with Crippen LogP contribution < -0.4 is 15.2 Å². The van der Waals surface area contributed by atoms with Gasteiger partial charge in [-0.15, -0.1) is 0 Å². The minimum absolute atomic E-state index is 0.0410. The number of hydrogen-bond acceptors (Lipinski definition) is 5. The van der Waals surface area contributed by atoms with E-state index in [-0.39, 0.29) is 40.5 Å². The zero-order valence-electron chi connectivity index (χ0n) is 22.1. The Balaban J connectivity index is 1.62. The molecule has 1 N–H and O–H groups in total. The van der Waals surface area contributed by atoms with Gasteiger partial charge in [-0.1, -0.05) is 40.9 Å². The Bertz CT molecular complexity index is 1570. The molecule has 216 valence electrons. The van der Waals surface area contributed by atoms with Gasteiger partial charge in [0.05, 0.1) is 16.5 Å². The van der Waals surface area contributed by atoms with Crippen LogP contribution in [0.4, 0.5) is 24.7 Å². The summed E-state index contributed by atoms with van der Waals surface area (Å²) in [6.45, 7) is 0. The number of carbonyl (C=O) groups is 2. The molecule has 2 atom stereocenters. The number of benzene rings is 2. The highest BCUT2D eigenvalue weighted by Gasteiger charge is 2.51. The smallest absolute Gasteiger partial charge is 0.316 e. The van der Waals surface area contributed by atoms with E-state index < -0.39 is 54.6 Å². The Labute approximate surface area is 244 Å². The van der Waals surface area contributed by atoms with Gasteiger partial charge in [0.25, 0.3) is 11.8 Å². The van der Waals surface area contributed by atoms with Gasteiger partial charge in [-0.25, -0.2) is 23.1 Å². The fourth-order valence-electron chi connectivity index (χ4n) is 5.22. The number of nitroso groups, excluding NO2 is 1. The fourth-order valence-corrected chi connectivity index (χ4v) is 5.46. The quantitative estimate of drug-likeness (QED) is 0.273. The van der Waals surface area contributed by atoms with Crippen molar-refractivity contribution in [3.05, 3.63) is 93.7 Å². The number of nitriles is 1. The molecule has 2 fully saturated rings. The van der Waals surface area contributed by atoms with Crippen molar-refractivity contribution in [3.63, 3.8) is 0 Å². The highest BCUT2D eigenvalue weighted by molar-refractivity contribution is 6.31. The van der Waals surface area contributed by atoms with E-state index in [2.05, 4.69) is 10.3 Å². The first-order valence-electron chi connectivity index (χ1n) is 13.2. The minimum Gasteiger partial charge on any atom is -0.351 e. The number of nitrogens with one attached hydrogen (secondary N) is 1. The average Bonchev–Trinajstić information content (AvgIpc) is 2.95. The third-order valence-corrected chi connectivity index (χ3v) is 7.55. The van der Waals surface area contributed by atoms with Gasteiger partial charge in [0.15, 0.2) is 6.04 Å². The van der Waals surface area contributed by atoms with Crippen LogP contribution in [-0.2, 0) is 9.59 Å². The molecule has 2 heterocycles. The number of anilines is 2. The third kappa shape index (κ3) is 5.92. The van der Waals surface area contributed by atoms with E-state index in [4.69, 9.17) is 11.6 Å². The summed E-state index contributed by atoms with van der Waals surface area (Å²) >= 11 is 6.50. The van der Waals surface area contributed by atoms with Gasteiger partial charge in [0.2, 0.25) is 5.91 Å². The summed E-state index contributed by atoms with van der Waals surface area (Å²) in [6, 6.07) is 13.6. The Morgan fingerprint density at radius 1 is 1.19 bits per heavy atom. The summed E-state index contributed by atoms with van der Waals surface area (Å²) in [7, 11) is 0. The number of rotatable bonds is 8. The van der Waals surface area contributed by atoms with E-state index in [9.17, 15) is 32.9 Å². The maximum absolute atomic E-state index is 14.6. The van der Waals surface area contributed by atoms with E-state index >= 15 is 0 Å².